The van der Waals surface area contributed by atoms with Crippen molar-refractivity contribution in [3.05, 3.63) is 10.2 Å². The minimum atomic E-state index is -0.453. The van der Waals surface area contributed by atoms with Crippen LogP contribution < -0.4 is 15.5 Å². The first-order valence-electron chi connectivity index (χ1n) is 11.5. The van der Waals surface area contributed by atoms with Gasteiger partial charge in [0.1, 0.15) is 10.6 Å². The second kappa shape index (κ2) is 11.1. The Morgan fingerprint density at radius 3 is 2.34 bits per heavy atom. The van der Waals surface area contributed by atoms with Crippen molar-refractivity contribution in [1.82, 2.24) is 20.2 Å². The molecule has 2 aliphatic rings. The van der Waals surface area contributed by atoms with E-state index in [1.165, 1.54) is 6.42 Å². The van der Waals surface area contributed by atoms with Crippen LogP contribution in [0.4, 0.5) is 16.6 Å². The van der Waals surface area contributed by atoms with E-state index in [-0.39, 0.29) is 17.3 Å². The number of hydrogen-bond acceptors (Lipinski definition) is 7. The van der Waals surface area contributed by atoms with Crippen LogP contribution in [-0.4, -0.2) is 72.4 Å². The largest absolute Gasteiger partial charge is 0.444 e. The molecule has 0 atom stereocenters. The third kappa shape index (κ3) is 7.25. The fourth-order valence-corrected chi connectivity index (χ4v) is 4.72. The molecule has 0 unspecified atom stereocenters. The smallest absolute Gasteiger partial charge is 0.407 e. The first kappa shape index (κ1) is 25.1. The molecule has 3 rings (SSSR count). The molecule has 1 saturated carbocycles. The summed E-state index contributed by atoms with van der Waals surface area (Å²) >= 11 is 12.5. The summed E-state index contributed by atoms with van der Waals surface area (Å²) in [6.07, 6.45) is 5.26. The molecule has 180 valence electrons. The van der Waals surface area contributed by atoms with Gasteiger partial charge in [-0.15, -0.1) is 0 Å². The zero-order valence-electron chi connectivity index (χ0n) is 19.6. The third-order valence-electron chi connectivity index (χ3n) is 6.11. The molecule has 2 heterocycles. The fourth-order valence-electron chi connectivity index (χ4n) is 4.35. The van der Waals surface area contributed by atoms with Gasteiger partial charge < -0.3 is 20.3 Å². The molecule has 1 aromatic rings. The van der Waals surface area contributed by atoms with E-state index in [1.54, 1.807) is 7.05 Å². The van der Waals surface area contributed by atoms with Gasteiger partial charge in [0.05, 0.1) is 0 Å². The summed E-state index contributed by atoms with van der Waals surface area (Å²) in [5.41, 5.74) is -0.453. The molecule has 1 amide bonds. The highest BCUT2D eigenvalue weighted by molar-refractivity contribution is 6.42. The number of rotatable bonds is 6. The number of hydrogen-bond donors (Lipinski definition) is 2. The predicted octanol–water partition coefficient (Wildman–Crippen LogP) is 4.42. The average molecular weight is 487 g/mol. The van der Waals surface area contributed by atoms with Crippen molar-refractivity contribution in [2.24, 2.45) is 5.92 Å². The predicted molar refractivity (Wildman–Crippen MR) is 130 cm³/mol. The maximum absolute atomic E-state index is 12.0. The van der Waals surface area contributed by atoms with Crippen molar-refractivity contribution in [2.75, 3.05) is 50.0 Å². The molecule has 2 N–H and O–H groups in total. The lowest BCUT2D eigenvalue weighted by molar-refractivity contribution is 0.0486. The lowest BCUT2D eigenvalue weighted by Gasteiger charge is -2.37. The summed E-state index contributed by atoms with van der Waals surface area (Å²) in [5.74, 6) is 1.90. The maximum Gasteiger partial charge on any atom is 0.407 e. The number of aromatic nitrogens is 2. The van der Waals surface area contributed by atoms with E-state index in [1.807, 2.05) is 20.8 Å². The molecule has 1 saturated heterocycles. The molecule has 8 nitrogen and oxygen atoms in total. The van der Waals surface area contributed by atoms with E-state index in [0.29, 0.717) is 16.8 Å². The Morgan fingerprint density at radius 2 is 1.75 bits per heavy atom. The van der Waals surface area contributed by atoms with E-state index in [9.17, 15) is 4.79 Å². The van der Waals surface area contributed by atoms with Crippen LogP contribution >= 0.6 is 23.2 Å². The molecule has 1 aliphatic carbocycles. The highest BCUT2D eigenvalue weighted by Crippen LogP contribution is 2.32. The van der Waals surface area contributed by atoms with Gasteiger partial charge in [0.15, 0.2) is 11.0 Å². The number of halogens is 2. The standard InChI is InChI=1S/C22H36Cl2N6O2/c1-22(2,3)32-21(31)26-16-7-5-15(6-8-16)9-10-29-11-13-30(14-12-29)19-17(23)18(24)27-20(25-4)28-19/h15-16H,5-14H2,1-4H3,(H,26,31)(H,25,27,28). The molecule has 1 aromatic heterocycles. The zero-order valence-corrected chi connectivity index (χ0v) is 21.1. The molecule has 0 spiro atoms. The van der Waals surface area contributed by atoms with E-state index in [4.69, 9.17) is 27.9 Å². The molecule has 10 heteroatoms. The second-order valence-electron chi connectivity index (χ2n) is 9.71. The molecule has 0 aromatic carbocycles. The van der Waals surface area contributed by atoms with Crippen LogP contribution in [0.15, 0.2) is 0 Å². The van der Waals surface area contributed by atoms with Crippen molar-refractivity contribution in [1.29, 1.82) is 0 Å². The summed E-state index contributed by atoms with van der Waals surface area (Å²) in [6.45, 7) is 10.4. The number of piperazine rings is 1. The maximum atomic E-state index is 12.0. The van der Waals surface area contributed by atoms with Crippen LogP contribution in [-0.2, 0) is 4.74 Å². The Balaban J connectivity index is 1.37. The summed E-state index contributed by atoms with van der Waals surface area (Å²) < 4.78 is 5.37. The Hall–Kier alpha value is -1.51. The Kier molecular flexibility index (Phi) is 8.69. The summed E-state index contributed by atoms with van der Waals surface area (Å²) in [5, 5.41) is 6.65. The minimum Gasteiger partial charge on any atom is -0.444 e. The van der Waals surface area contributed by atoms with Gasteiger partial charge in [0.25, 0.3) is 0 Å². The number of carbonyl (C=O) groups is 1. The molecular formula is C22H36Cl2N6O2. The van der Waals surface area contributed by atoms with Crippen LogP contribution in [0.2, 0.25) is 10.2 Å². The number of ether oxygens (including phenoxy) is 1. The van der Waals surface area contributed by atoms with E-state index < -0.39 is 5.60 Å². The van der Waals surface area contributed by atoms with Crippen LogP contribution in [0.25, 0.3) is 0 Å². The lowest BCUT2D eigenvalue weighted by atomic mass is 9.84. The molecule has 1 aliphatic heterocycles. The fraction of sp³-hybridized carbons (Fsp3) is 0.773. The molecule has 0 bridgehead atoms. The highest BCUT2D eigenvalue weighted by atomic mass is 35.5. The van der Waals surface area contributed by atoms with Gasteiger partial charge in [-0.25, -0.2) is 4.79 Å². The number of alkyl carbamates (subject to hydrolysis) is 1. The Morgan fingerprint density at radius 1 is 1.09 bits per heavy atom. The zero-order chi connectivity index (χ0) is 23.3. The van der Waals surface area contributed by atoms with Crippen molar-refractivity contribution < 1.29 is 9.53 Å². The molecule has 2 fully saturated rings. The molecule has 0 radical (unpaired) electrons. The van der Waals surface area contributed by atoms with E-state index in [2.05, 4.69) is 30.4 Å². The number of anilines is 2. The van der Waals surface area contributed by atoms with Crippen molar-refractivity contribution in [3.8, 4) is 0 Å². The van der Waals surface area contributed by atoms with E-state index in [0.717, 1.165) is 64.3 Å². The van der Waals surface area contributed by atoms with Gasteiger partial charge in [-0.05, 0) is 65.3 Å². The number of nitrogens with zero attached hydrogens (tertiary/aromatic N) is 4. The molecule has 32 heavy (non-hydrogen) atoms. The Bertz CT molecular complexity index is 772. The first-order valence-corrected chi connectivity index (χ1v) is 12.3. The van der Waals surface area contributed by atoms with E-state index >= 15 is 0 Å². The highest BCUT2D eigenvalue weighted by Gasteiger charge is 2.26. The average Bonchev–Trinajstić information content (AvgIpc) is 2.74. The minimum absolute atomic E-state index is 0.233. The first-order chi connectivity index (χ1) is 15.1. The topological polar surface area (TPSA) is 82.6 Å². The summed E-state index contributed by atoms with van der Waals surface area (Å²) in [7, 11) is 1.77. The van der Waals surface area contributed by atoms with Crippen molar-refractivity contribution >= 4 is 41.1 Å². The van der Waals surface area contributed by atoms with Crippen molar-refractivity contribution in [2.45, 2.75) is 64.5 Å². The van der Waals surface area contributed by atoms with Crippen molar-refractivity contribution in [3.63, 3.8) is 0 Å². The number of carbonyl (C=O) groups excluding carboxylic acids is 1. The van der Waals surface area contributed by atoms with Crippen LogP contribution in [0, 0.1) is 5.92 Å². The lowest BCUT2D eigenvalue weighted by Crippen LogP contribution is -2.47. The normalized spacial score (nSPS) is 22.5. The summed E-state index contributed by atoms with van der Waals surface area (Å²) in [6, 6.07) is 0.233. The van der Waals surface area contributed by atoms with Gasteiger partial charge in [0, 0.05) is 39.3 Å². The monoisotopic (exact) mass is 486 g/mol. The third-order valence-corrected chi connectivity index (χ3v) is 6.83. The van der Waals surface area contributed by atoms with Gasteiger partial charge in [0.2, 0.25) is 5.95 Å². The van der Waals surface area contributed by atoms with Gasteiger partial charge >= 0.3 is 6.09 Å². The number of nitrogens with one attached hydrogen (secondary N) is 2. The van der Waals surface area contributed by atoms with Crippen LogP contribution in [0.5, 0.6) is 0 Å². The quantitative estimate of drug-likeness (QED) is 0.575. The molecular weight excluding hydrogens is 451 g/mol. The van der Waals surface area contributed by atoms with Crippen LogP contribution in [0.1, 0.15) is 52.9 Å². The van der Waals surface area contributed by atoms with Gasteiger partial charge in [-0.1, -0.05) is 23.2 Å². The second-order valence-corrected chi connectivity index (χ2v) is 10.4. The van der Waals surface area contributed by atoms with Crippen LogP contribution in [0.3, 0.4) is 0 Å². The Labute approximate surface area is 201 Å². The SMILES string of the molecule is CNc1nc(Cl)c(Cl)c(N2CCN(CCC3CCC(NC(=O)OC(C)(C)C)CC3)CC2)n1. The van der Waals surface area contributed by atoms with Gasteiger partial charge in [-0.2, -0.15) is 9.97 Å². The summed E-state index contributed by atoms with van der Waals surface area (Å²) in [4.78, 5) is 25.3. The number of amides is 1. The van der Waals surface area contributed by atoms with Gasteiger partial charge in [-0.3, -0.25) is 4.90 Å².